The summed E-state index contributed by atoms with van der Waals surface area (Å²) < 4.78 is 23.7. The Morgan fingerprint density at radius 2 is 2.20 bits per heavy atom. The Morgan fingerprint density at radius 1 is 1.47 bits per heavy atom. The van der Waals surface area contributed by atoms with Crippen molar-refractivity contribution in [3.05, 3.63) is 28.0 Å². The lowest BCUT2D eigenvalue weighted by atomic mass is 10.2. The zero-order valence-electron chi connectivity index (χ0n) is 8.13. The van der Waals surface area contributed by atoms with E-state index in [1.165, 1.54) is 13.2 Å². The van der Waals surface area contributed by atoms with Crippen LogP contribution in [0.15, 0.2) is 16.6 Å². The number of benzene rings is 1. The van der Waals surface area contributed by atoms with E-state index < -0.39 is 5.82 Å². The molecule has 0 N–H and O–H groups in total. The summed E-state index contributed by atoms with van der Waals surface area (Å²) >= 11 is 3.14. The molecule has 0 aromatic heterocycles. The highest BCUT2D eigenvalue weighted by molar-refractivity contribution is 9.10. The normalized spacial score (nSPS) is 10.1. The fraction of sp³-hybridized carbons (Fsp3) is 0.300. The monoisotopic (exact) mass is 276 g/mol. The first-order valence-electron chi connectivity index (χ1n) is 4.25. The molecular formula is C10H10BrFO3. The molecule has 0 amide bonds. The van der Waals surface area contributed by atoms with Crippen LogP contribution in [0, 0.1) is 5.82 Å². The predicted octanol–water partition coefficient (Wildman–Crippen LogP) is 2.43. The van der Waals surface area contributed by atoms with Crippen molar-refractivity contribution in [1.29, 1.82) is 0 Å². The molecule has 0 fully saturated rings. The SMILES string of the molecule is COCCOc1cc(Br)c(C=O)cc1F. The fourth-order valence-corrected chi connectivity index (χ4v) is 1.40. The second-order valence-electron chi connectivity index (χ2n) is 2.76. The predicted molar refractivity (Wildman–Crippen MR) is 56.9 cm³/mol. The standard InChI is InChI=1S/C10H10BrFO3/c1-14-2-3-15-10-5-8(11)7(6-13)4-9(10)12/h4-6H,2-3H2,1H3. The van der Waals surface area contributed by atoms with E-state index in [4.69, 9.17) is 9.47 Å². The maximum atomic E-state index is 13.3. The van der Waals surface area contributed by atoms with Crippen LogP contribution in [0.3, 0.4) is 0 Å². The topological polar surface area (TPSA) is 35.5 Å². The summed E-state index contributed by atoms with van der Waals surface area (Å²) in [6, 6.07) is 2.55. The van der Waals surface area contributed by atoms with Gasteiger partial charge in [0.1, 0.15) is 6.61 Å². The summed E-state index contributed by atoms with van der Waals surface area (Å²) in [6.07, 6.45) is 0.575. The number of hydrogen-bond donors (Lipinski definition) is 0. The van der Waals surface area contributed by atoms with Gasteiger partial charge >= 0.3 is 0 Å². The van der Waals surface area contributed by atoms with Gasteiger partial charge in [-0.05, 0) is 28.1 Å². The molecule has 0 saturated heterocycles. The molecule has 0 aliphatic heterocycles. The van der Waals surface area contributed by atoms with Gasteiger partial charge in [-0.1, -0.05) is 0 Å². The van der Waals surface area contributed by atoms with Gasteiger partial charge in [0.25, 0.3) is 0 Å². The molecule has 1 aromatic carbocycles. The molecule has 3 nitrogen and oxygen atoms in total. The minimum atomic E-state index is -0.559. The van der Waals surface area contributed by atoms with Crippen molar-refractivity contribution in [2.75, 3.05) is 20.3 Å². The zero-order chi connectivity index (χ0) is 11.3. The van der Waals surface area contributed by atoms with Gasteiger partial charge in [-0.3, -0.25) is 4.79 Å². The Bertz CT molecular complexity index is 355. The molecule has 0 radical (unpaired) electrons. The maximum Gasteiger partial charge on any atom is 0.165 e. The first-order chi connectivity index (χ1) is 7.19. The van der Waals surface area contributed by atoms with E-state index in [1.807, 2.05) is 0 Å². The van der Waals surface area contributed by atoms with Crippen molar-refractivity contribution in [3.63, 3.8) is 0 Å². The van der Waals surface area contributed by atoms with Crippen molar-refractivity contribution in [3.8, 4) is 5.75 Å². The van der Waals surface area contributed by atoms with Crippen molar-refractivity contribution in [1.82, 2.24) is 0 Å². The molecule has 1 rings (SSSR count). The molecule has 0 aliphatic rings. The van der Waals surface area contributed by atoms with Crippen LogP contribution in [0.5, 0.6) is 5.75 Å². The summed E-state index contributed by atoms with van der Waals surface area (Å²) in [7, 11) is 1.53. The lowest BCUT2D eigenvalue weighted by Gasteiger charge is -2.07. The van der Waals surface area contributed by atoms with Crippen LogP contribution in [0.2, 0.25) is 0 Å². The molecule has 0 aliphatic carbocycles. The Hall–Kier alpha value is -0.940. The summed E-state index contributed by atoms with van der Waals surface area (Å²) in [4.78, 5) is 10.5. The zero-order valence-corrected chi connectivity index (χ0v) is 9.71. The van der Waals surface area contributed by atoms with Crippen molar-refractivity contribution in [2.45, 2.75) is 0 Å². The number of halogens is 2. The largest absolute Gasteiger partial charge is 0.488 e. The maximum absolute atomic E-state index is 13.3. The van der Waals surface area contributed by atoms with Crippen LogP contribution in [0.1, 0.15) is 10.4 Å². The van der Waals surface area contributed by atoms with Crippen molar-refractivity contribution in [2.24, 2.45) is 0 Å². The van der Waals surface area contributed by atoms with E-state index in [0.29, 0.717) is 17.4 Å². The minimum absolute atomic E-state index is 0.101. The Morgan fingerprint density at radius 3 is 2.80 bits per heavy atom. The summed E-state index contributed by atoms with van der Waals surface area (Å²) in [5, 5.41) is 0. The Kier molecular flexibility index (Phi) is 4.71. The van der Waals surface area contributed by atoms with Gasteiger partial charge in [-0.2, -0.15) is 0 Å². The molecule has 5 heteroatoms. The first-order valence-corrected chi connectivity index (χ1v) is 5.04. The highest BCUT2D eigenvalue weighted by Gasteiger charge is 2.08. The quantitative estimate of drug-likeness (QED) is 0.612. The molecular weight excluding hydrogens is 267 g/mol. The average Bonchev–Trinajstić information content (AvgIpc) is 2.23. The second kappa shape index (κ2) is 5.82. The number of ether oxygens (including phenoxy) is 2. The van der Waals surface area contributed by atoms with Crippen LogP contribution in [-0.4, -0.2) is 26.6 Å². The third-order valence-corrected chi connectivity index (χ3v) is 2.41. The number of aldehydes is 1. The summed E-state index contributed by atoms with van der Waals surface area (Å²) in [5.41, 5.74) is 0.256. The van der Waals surface area contributed by atoms with Crippen molar-refractivity contribution >= 4 is 22.2 Å². The van der Waals surface area contributed by atoms with Gasteiger partial charge in [0.15, 0.2) is 17.9 Å². The van der Waals surface area contributed by atoms with Gasteiger partial charge in [0.2, 0.25) is 0 Å². The number of carbonyl (C=O) groups excluding carboxylic acids is 1. The van der Waals surface area contributed by atoms with Crippen LogP contribution >= 0.6 is 15.9 Å². The number of rotatable bonds is 5. The molecule has 0 unspecified atom stereocenters. The van der Waals surface area contributed by atoms with Gasteiger partial charge in [-0.25, -0.2) is 4.39 Å². The van der Waals surface area contributed by atoms with E-state index in [0.717, 1.165) is 6.07 Å². The molecule has 82 valence electrons. The molecule has 0 heterocycles. The molecule has 0 atom stereocenters. The lowest BCUT2D eigenvalue weighted by Crippen LogP contribution is -2.05. The Labute approximate surface area is 95.3 Å². The van der Waals surface area contributed by atoms with Crippen LogP contribution in [0.4, 0.5) is 4.39 Å². The summed E-state index contributed by atoms with van der Waals surface area (Å²) in [6.45, 7) is 0.646. The van der Waals surface area contributed by atoms with E-state index in [-0.39, 0.29) is 17.9 Å². The Balaban J connectivity index is 2.80. The van der Waals surface area contributed by atoms with Crippen molar-refractivity contribution < 1.29 is 18.7 Å². The van der Waals surface area contributed by atoms with E-state index in [9.17, 15) is 9.18 Å². The lowest BCUT2D eigenvalue weighted by molar-refractivity contribution is 0.112. The highest BCUT2D eigenvalue weighted by atomic mass is 79.9. The van der Waals surface area contributed by atoms with Crippen LogP contribution in [-0.2, 0) is 4.74 Å². The second-order valence-corrected chi connectivity index (χ2v) is 3.62. The van der Waals surface area contributed by atoms with Crippen LogP contribution in [0.25, 0.3) is 0 Å². The number of methoxy groups -OCH3 is 1. The van der Waals surface area contributed by atoms with E-state index in [2.05, 4.69) is 15.9 Å². The molecule has 15 heavy (non-hydrogen) atoms. The highest BCUT2D eigenvalue weighted by Crippen LogP contribution is 2.25. The fourth-order valence-electron chi connectivity index (χ4n) is 0.980. The van der Waals surface area contributed by atoms with E-state index >= 15 is 0 Å². The average molecular weight is 277 g/mol. The third-order valence-electron chi connectivity index (χ3n) is 1.72. The van der Waals surface area contributed by atoms with Gasteiger partial charge < -0.3 is 9.47 Å². The molecule has 0 spiro atoms. The molecule has 0 saturated carbocycles. The van der Waals surface area contributed by atoms with Gasteiger partial charge in [-0.15, -0.1) is 0 Å². The van der Waals surface area contributed by atoms with E-state index in [1.54, 1.807) is 0 Å². The number of carbonyl (C=O) groups is 1. The van der Waals surface area contributed by atoms with Crippen LogP contribution < -0.4 is 4.74 Å². The molecule has 0 bridgehead atoms. The van der Waals surface area contributed by atoms with Gasteiger partial charge in [0, 0.05) is 17.1 Å². The number of hydrogen-bond acceptors (Lipinski definition) is 3. The first kappa shape index (κ1) is 12.1. The summed E-state index contributed by atoms with van der Waals surface area (Å²) in [5.74, 6) is -0.457. The van der Waals surface area contributed by atoms with Gasteiger partial charge in [0.05, 0.1) is 6.61 Å². The minimum Gasteiger partial charge on any atom is -0.488 e. The molecule has 1 aromatic rings. The smallest absolute Gasteiger partial charge is 0.165 e. The third kappa shape index (κ3) is 3.28.